The molecule has 0 saturated carbocycles. The van der Waals surface area contributed by atoms with Crippen LogP contribution in [0.5, 0.6) is 17.2 Å². The highest BCUT2D eigenvalue weighted by atomic mass is 16.7. The lowest BCUT2D eigenvalue weighted by molar-refractivity contribution is 0.0914. The SMILES string of the molecule is O=C(NCc1ccc2c(c1)OCO2)c1cc(-c2ccccc2O)no1. The first-order valence-corrected chi connectivity index (χ1v) is 7.62. The Morgan fingerprint density at radius 3 is 2.84 bits per heavy atom. The fourth-order valence-electron chi connectivity index (χ4n) is 2.52. The van der Waals surface area contributed by atoms with Crippen LogP contribution in [0, 0.1) is 0 Å². The molecule has 0 radical (unpaired) electrons. The van der Waals surface area contributed by atoms with Gasteiger partial charge in [-0.1, -0.05) is 23.4 Å². The zero-order valence-corrected chi connectivity index (χ0v) is 13.1. The lowest BCUT2D eigenvalue weighted by Gasteiger charge is -2.04. The van der Waals surface area contributed by atoms with Crippen molar-refractivity contribution in [1.82, 2.24) is 10.5 Å². The van der Waals surface area contributed by atoms with Gasteiger partial charge in [0.15, 0.2) is 11.5 Å². The van der Waals surface area contributed by atoms with E-state index in [0.717, 1.165) is 5.56 Å². The second kappa shape index (κ2) is 6.20. The molecule has 1 amide bonds. The average Bonchev–Trinajstić information content (AvgIpc) is 3.29. The van der Waals surface area contributed by atoms with Gasteiger partial charge >= 0.3 is 0 Å². The summed E-state index contributed by atoms with van der Waals surface area (Å²) in [5.74, 6) is 1.10. The molecule has 0 fully saturated rings. The van der Waals surface area contributed by atoms with Gasteiger partial charge in [0.05, 0.1) is 0 Å². The van der Waals surface area contributed by atoms with E-state index < -0.39 is 5.91 Å². The molecule has 2 aromatic carbocycles. The van der Waals surface area contributed by atoms with Gasteiger partial charge in [-0.15, -0.1) is 0 Å². The van der Waals surface area contributed by atoms with Gasteiger partial charge in [0.1, 0.15) is 11.4 Å². The molecule has 126 valence electrons. The van der Waals surface area contributed by atoms with Crippen molar-refractivity contribution < 1.29 is 23.9 Å². The molecule has 0 aliphatic carbocycles. The van der Waals surface area contributed by atoms with Gasteiger partial charge in [0.25, 0.3) is 5.91 Å². The molecule has 1 aromatic heterocycles. The second-order valence-electron chi connectivity index (χ2n) is 5.46. The lowest BCUT2D eigenvalue weighted by atomic mass is 10.1. The topological polar surface area (TPSA) is 93.8 Å². The smallest absolute Gasteiger partial charge is 0.290 e. The maximum absolute atomic E-state index is 12.2. The van der Waals surface area contributed by atoms with E-state index >= 15 is 0 Å². The van der Waals surface area contributed by atoms with Crippen molar-refractivity contribution in [3.8, 4) is 28.5 Å². The van der Waals surface area contributed by atoms with E-state index in [9.17, 15) is 9.90 Å². The summed E-state index contributed by atoms with van der Waals surface area (Å²) in [6.45, 7) is 0.514. The van der Waals surface area contributed by atoms with E-state index in [2.05, 4.69) is 10.5 Å². The molecule has 0 bridgehead atoms. The summed E-state index contributed by atoms with van der Waals surface area (Å²) < 4.78 is 15.6. The van der Waals surface area contributed by atoms with E-state index in [4.69, 9.17) is 14.0 Å². The molecule has 2 N–H and O–H groups in total. The fraction of sp³-hybridized carbons (Fsp3) is 0.111. The van der Waals surface area contributed by atoms with Crippen molar-refractivity contribution >= 4 is 5.91 Å². The normalized spacial score (nSPS) is 12.2. The standard InChI is InChI=1S/C18H14N2O5/c21-14-4-2-1-3-12(14)13-8-17(25-20-13)18(22)19-9-11-5-6-15-16(7-11)24-10-23-15/h1-8,21H,9-10H2,(H,19,22). The van der Waals surface area contributed by atoms with Gasteiger partial charge in [-0.2, -0.15) is 0 Å². The number of carbonyl (C=O) groups is 1. The van der Waals surface area contributed by atoms with Crippen LogP contribution in [0.4, 0.5) is 0 Å². The molecular weight excluding hydrogens is 324 g/mol. The van der Waals surface area contributed by atoms with Crippen molar-refractivity contribution in [2.75, 3.05) is 6.79 Å². The van der Waals surface area contributed by atoms with Crippen LogP contribution in [0.1, 0.15) is 16.1 Å². The number of phenols is 1. The number of nitrogens with zero attached hydrogens (tertiary/aromatic N) is 1. The molecule has 0 atom stereocenters. The number of nitrogens with one attached hydrogen (secondary N) is 1. The maximum atomic E-state index is 12.2. The molecule has 1 aliphatic rings. The largest absolute Gasteiger partial charge is 0.507 e. The monoisotopic (exact) mass is 338 g/mol. The Kier molecular flexibility index (Phi) is 3.74. The highest BCUT2D eigenvalue weighted by molar-refractivity contribution is 5.92. The predicted molar refractivity (Wildman–Crippen MR) is 87.3 cm³/mol. The van der Waals surface area contributed by atoms with Crippen molar-refractivity contribution in [3.63, 3.8) is 0 Å². The molecule has 1 aliphatic heterocycles. The van der Waals surface area contributed by atoms with Crippen LogP contribution < -0.4 is 14.8 Å². The Morgan fingerprint density at radius 2 is 1.96 bits per heavy atom. The first kappa shape index (κ1) is 15.1. The number of aromatic nitrogens is 1. The van der Waals surface area contributed by atoms with Gasteiger partial charge in [-0.3, -0.25) is 4.79 Å². The number of aromatic hydroxyl groups is 1. The molecule has 0 unspecified atom stereocenters. The van der Waals surface area contributed by atoms with E-state index in [-0.39, 0.29) is 18.3 Å². The quantitative estimate of drug-likeness (QED) is 0.760. The number of amides is 1. The average molecular weight is 338 g/mol. The van der Waals surface area contributed by atoms with Crippen LogP contribution in [0.15, 0.2) is 53.1 Å². The summed E-state index contributed by atoms with van der Waals surface area (Å²) >= 11 is 0. The molecule has 4 rings (SSSR count). The van der Waals surface area contributed by atoms with Gasteiger partial charge in [0.2, 0.25) is 12.6 Å². The number of hydrogen-bond donors (Lipinski definition) is 2. The first-order valence-electron chi connectivity index (χ1n) is 7.62. The maximum Gasteiger partial charge on any atom is 0.290 e. The Balaban J connectivity index is 1.44. The minimum Gasteiger partial charge on any atom is -0.507 e. The summed E-state index contributed by atoms with van der Waals surface area (Å²) in [6.07, 6.45) is 0. The van der Waals surface area contributed by atoms with Gasteiger partial charge in [0, 0.05) is 18.2 Å². The van der Waals surface area contributed by atoms with Gasteiger partial charge in [-0.05, 0) is 29.8 Å². The fourth-order valence-corrected chi connectivity index (χ4v) is 2.52. The Bertz CT molecular complexity index is 935. The molecule has 0 saturated heterocycles. The van der Waals surface area contributed by atoms with Crippen LogP contribution >= 0.6 is 0 Å². The van der Waals surface area contributed by atoms with E-state index in [0.29, 0.717) is 29.3 Å². The third kappa shape index (κ3) is 2.99. The minimum atomic E-state index is -0.396. The first-order chi connectivity index (χ1) is 12.2. The molecule has 25 heavy (non-hydrogen) atoms. The van der Waals surface area contributed by atoms with Crippen LogP contribution in [-0.2, 0) is 6.54 Å². The van der Waals surface area contributed by atoms with Crippen molar-refractivity contribution in [3.05, 3.63) is 59.9 Å². The summed E-state index contributed by atoms with van der Waals surface area (Å²) in [4.78, 5) is 12.2. The Morgan fingerprint density at radius 1 is 1.12 bits per heavy atom. The predicted octanol–water partition coefficient (Wildman–Crippen LogP) is 2.71. The number of ether oxygens (including phenoxy) is 2. The third-order valence-electron chi connectivity index (χ3n) is 3.80. The number of carbonyl (C=O) groups excluding carboxylic acids is 1. The highest BCUT2D eigenvalue weighted by Gasteiger charge is 2.17. The van der Waals surface area contributed by atoms with Crippen LogP contribution in [0.25, 0.3) is 11.3 Å². The number of benzene rings is 2. The molecule has 7 heteroatoms. The van der Waals surface area contributed by atoms with E-state index in [1.165, 1.54) is 6.07 Å². The molecular formula is C18H14N2O5. The van der Waals surface area contributed by atoms with Gasteiger partial charge < -0.3 is 24.4 Å². The van der Waals surface area contributed by atoms with E-state index in [1.807, 2.05) is 12.1 Å². The summed E-state index contributed by atoms with van der Waals surface area (Å²) in [5, 5.41) is 16.4. The number of hydrogen-bond acceptors (Lipinski definition) is 6. The molecule has 7 nitrogen and oxygen atoms in total. The number of phenolic OH excluding ortho intramolecular Hbond substituents is 1. The Hall–Kier alpha value is -3.48. The highest BCUT2D eigenvalue weighted by Crippen LogP contribution is 2.32. The van der Waals surface area contributed by atoms with Crippen molar-refractivity contribution in [2.24, 2.45) is 0 Å². The molecule has 3 aromatic rings. The van der Waals surface area contributed by atoms with Crippen molar-refractivity contribution in [2.45, 2.75) is 6.54 Å². The number of rotatable bonds is 4. The summed E-state index contributed by atoms with van der Waals surface area (Å²) in [6, 6.07) is 13.7. The zero-order valence-electron chi connectivity index (χ0n) is 13.1. The molecule has 0 spiro atoms. The van der Waals surface area contributed by atoms with Crippen LogP contribution in [0.3, 0.4) is 0 Å². The summed E-state index contributed by atoms with van der Waals surface area (Å²) in [7, 11) is 0. The van der Waals surface area contributed by atoms with Gasteiger partial charge in [-0.25, -0.2) is 0 Å². The molecule has 2 heterocycles. The number of fused-ring (bicyclic) bond motifs is 1. The van der Waals surface area contributed by atoms with E-state index in [1.54, 1.807) is 30.3 Å². The minimum absolute atomic E-state index is 0.0685. The summed E-state index contributed by atoms with van der Waals surface area (Å²) in [5.41, 5.74) is 1.77. The Labute approximate surface area is 142 Å². The lowest BCUT2D eigenvalue weighted by Crippen LogP contribution is -2.22. The van der Waals surface area contributed by atoms with Crippen LogP contribution in [0.2, 0.25) is 0 Å². The number of para-hydroxylation sites is 1. The second-order valence-corrected chi connectivity index (χ2v) is 5.46. The third-order valence-corrected chi connectivity index (χ3v) is 3.80. The van der Waals surface area contributed by atoms with Crippen molar-refractivity contribution in [1.29, 1.82) is 0 Å². The zero-order chi connectivity index (χ0) is 17.2. The van der Waals surface area contributed by atoms with Crippen LogP contribution in [-0.4, -0.2) is 23.0 Å².